The predicted molar refractivity (Wildman–Crippen MR) is 278 cm³/mol. The Morgan fingerprint density at radius 3 is 1.45 bits per heavy atom. The van der Waals surface area contributed by atoms with E-state index in [0.29, 0.717) is 0 Å². The SMILES string of the molecule is CC1(C)c2cc(/C=C/c3ccc4cc(N5c6ccccc6S6(CCCC6)c6ccccc65)ccc4c3)ccc2-c2ccc(N3c4ccccc4N(c4ccccc4)c4ccccc43)cc21. The number of para-hydroxylation sites is 7. The maximum atomic E-state index is 2.52. The second kappa shape index (κ2) is 14.6. The van der Waals surface area contributed by atoms with E-state index in [-0.39, 0.29) is 5.41 Å². The highest BCUT2D eigenvalue weighted by Crippen LogP contribution is 2.74. The van der Waals surface area contributed by atoms with E-state index in [2.05, 4.69) is 241 Å². The highest BCUT2D eigenvalue weighted by atomic mass is 32.3. The van der Waals surface area contributed by atoms with Gasteiger partial charge in [-0.25, -0.2) is 0 Å². The maximum absolute atomic E-state index is 2.52. The molecule has 0 radical (unpaired) electrons. The first kappa shape index (κ1) is 38.2. The molecule has 0 saturated carbocycles. The fourth-order valence-electron chi connectivity index (χ4n) is 11.5. The zero-order valence-corrected chi connectivity index (χ0v) is 37.6. The third kappa shape index (κ3) is 5.83. The maximum Gasteiger partial charge on any atom is 0.0703 e. The fraction of sp³-hybridized carbons (Fsp3) is 0.115. The molecular formula is C61H49N3S. The first-order valence-corrected chi connectivity index (χ1v) is 25.1. The lowest BCUT2D eigenvalue weighted by molar-refractivity contribution is 0.660. The average Bonchev–Trinajstić information content (AvgIpc) is 3.93. The zero-order valence-electron chi connectivity index (χ0n) is 36.8. The molecule has 0 amide bonds. The number of benzene rings is 9. The molecule has 1 aliphatic carbocycles. The van der Waals surface area contributed by atoms with Crippen molar-refractivity contribution in [3.63, 3.8) is 0 Å². The Morgan fingerprint density at radius 2 is 0.815 bits per heavy atom. The van der Waals surface area contributed by atoms with Crippen LogP contribution >= 0.6 is 10.0 Å². The van der Waals surface area contributed by atoms with Crippen molar-refractivity contribution in [1.82, 2.24) is 0 Å². The van der Waals surface area contributed by atoms with Crippen molar-refractivity contribution in [2.75, 3.05) is 26.2 Å². The standard InChI is InChI=1S/C61H49N3S/c1-61(2)51-39-43(27-26-42-28-30-45-40-47(32-31-44(45)38-42)64-57-22-10-12-24-59(57)65(36-14-15-37-65)60-25-13-11-23-58(60)64)29-34-49(51)50-35-33-48(41-52(50)61)63-55-20-8-6-18-53(55)62(46-16-4-3-5-17-46)54-19-7-9-21-56(54)63/h3-13,16-35,38-41H,14-15,36-37H2,1-2H3/b27-26+. The van der Waals surface area contributed by atoms with Gasteiger partial charge in [0.15, 0.2) is 0 Å². The molecule has 3 heterocycles. The molecule has 9 aromatic rings. The normalized spacial score (nSPS) is 16.5. The first-order chi connectivity index (χ1) is 32.0. The summed E-state index contributed by atoms with van der Waals surface area (Å²) in [5.74, 6) is 2.61. The van der Waals surface area contributed by atoms with Crippen molar-refractivity contribution >= 4 is 84.1 Å². The Hall–Kier alpha value is -7.27. The minimum absolute atomic E-state index is 0.176. The molecule has 1 fully saturated rings. The van der Waals surface area contributed by atoms with E-state index in [1.807, 2.05) is 0 Å². The molecule has 1 spiro atoms. The van der Waals surface area contributed by atoms with E-state index in [9.17, 15) is 0 Å². The lowest BCUT2D eigenvalue weighted by Gasteiger charge is -2.47. The number of rotatable bonds is 5. The summed E-state index contributed by atoms with van der Waals surface area (Å²) in [6.45, 7) is 4.77. The fourth-order valence-corrected chi connectivity index (χ4v) is 16.0. The summed E-state index contributed by atoms with van der Waals surface area (Å²) < 4.78 is 0. The van der Waals surface area contributed by atoms with Gasteiger partial charge in [0.2, 0.25) is 0 Å². The summed E-state index contributed by atoms with van der Waals surface area (Å²) in [7, 11) is -1.01. The van der Waals surface area contributed by atoms with Gasteiger partial charge in [-0.05, 0) is 159 Å². The molecule has 314 valence electrons. The van der Waals surface area contributed by atoms with E-state index in [4.69, 9.17) is 0 Å². The smallest absolute Gasteiger partial charge is 0.0703 e. The number of anilines is 9. The van der Waals surface area contributed by atoms with Crippen LogP contribution < -0.4 is 14.7 Å². The largest absolute Gasteiger partial charge is 0.308 e. The van der Waals surface area contributed by atoms with Crippen LogP contribution in [0.3, 0.4) is 0 Å². The molecule has 3 nitrogen and oxygen atoms in total. The van der Waals surface area contributed by atoms with Crippen molar-refractivity contribution in [2.45, 2.75) is 41.9 Å². The second-order valence-corrected chi connectivity index (χ2v) is 22.0. The van der Waals surface area contributed by atoms with Gasteiger partial charge in [-0.3, -0.25) is 0 Å². The van der Waals surface area contributed by atoms with E-state index in [0.717, 1.165) is 5.69 Å². The van der Waals surface area contributed by atoms with Gasteiger partial charge in [0.1, 0.15) is 0 Å². The van der Waals surface area contributed by atoms with E-state index >= 15 is 0 Å². The van der Waals surface area contributed by atoms with E-state index < -0.39 is 10.0 Å². The molecule has 65 heavy (non-hydrogen) atoms. The number of nitrogens with zero attached hydrogens (tertiary/aromatic N) is 3. The monoisotopic (exact) mass is 855 g/mol. The number of fused-ring (bicyclic) bond motifs is 10. The quantitative estimate of drug-likeness (QED) is 0.160. The van der Waals surface area contributed by atoms with Gasteiger partial charge in [-0.2, -0.15) is 10.0 Å². The van der Waals surface area contributed by atoms with Crippen LogP contribution in [0.5, 0.6) is 0 Å². The van der Waals surface area contributed by atoms with Gasteiger partial charge in [-0.1, -0.05) is 135 Å². The average molecular weight is 856 g/mol. The van der Waals surface area contributed by atoms with Gasteiger partial charge in [0.05, 0.1) is 34.1 Å². The molecule has 3 aliphatic heterocycles. The van der Waals surface area contributed by atoms with Crippen LogP contribution in [0.1, 0.15) is 48.9 Å². The molecular weight excluding hydrogens is 807 g/mol. The molecule has 0 bridgehead atoms. The lowest BCUT2D eigenvalue weighted by atomic mass is 9.81. The van der Waals surface area contributed by atoms with Gasteiger partial charge >= 0.3 is 0 Å². The number of hydrogen-bond acceptors (Lipinski definition) is 3. The summed E-state index contributed by atoms with van der Waals surface area (Å²) in [5.41, 5.74) is 18.5. The molecule has 0 atom stereocenters. The summed E-state index contributed by atoms with van der Waals surface area (Å²) in [6.07, 6.45) is 7.20. The van der Waals surface area contributed by atoms with Crippen molar-refractivity contribution < 1.29 is 0 Å². The second-order valence-electron chi connectivity index (χ2n) is 18.5. The van der Waals surface area contributed by atoms with Crippen molar-refractivity contribution in [3.8, 4) is 11.1 Å². The Kier molecular flexibility index (Phi) is 8.60. The minimum Gasteiger partial charge on any atom is -0.308 e. The molecule has 13 rings (SSSR count). The summed E-state index contributed by atoms with van der Waals surface area (Å²) in [5, 5.41) is 2.50. The molecule has 4 heteroatoms. The van der Waals surface area contributed by atoms with Crippen LogP contribution in [0, 0.1) is 0 Å². The topological polar surface area (TPSA) is 9.72 Å². The van der Waals surface area contributed by atoms with Gasteiger partial charge < -0.3 is 14.7 Å². The van der Waals surface area contributed by atoms with Crippen molar-refractivity contribution in [3.05, 3.63) is 222 Å². The van der Waals surface area contributed by atoms with E-state index in [1.165, 1.54) is 114 Å². The van der Waals surface area contributed by atoms with Crippen LogP contribution in [0.4, 0.5) is 51.2 Å². The highest BCUT2D eigenvalue weighted by Gasteiger charge is 2.42. The van der Waals surface area contributed by atoms with Gasteiger partial charge in [0.25, 0.3) is 0 Å². The van der Waals surface area contributed by atoms with Crippen LogP contribution in [0.25, 0.3) is 34.1 Å². The summed E-state index contributed by atoms with van der Waals surface area (Å²) in [4.78, 5) is 10.5. The third-order valence-electron chi connectivity index (χ3n) is 14.5. The Balaban J connectivity index is 0.799. The minimum atomic E-state index is -1.01. The van der Waals surface area contributed by atoms with Crippen LogP contribution in [0.2, 0.25) is 0 Å². The molecule has 0 N–H and O–H groups in total. The van der Waals surface area contributed by atoms with Crippen molar-refractivity contribution in [2.24, 2.45) is 0 Å². The molecule has 9 aromatic carbocycles. The lowest BCUT2D eigenvalue weighted by Crippen LogP contribution is -2.24. The van der Waals surface area contributed by atoms with Gasteiger partial charge in [0, 0.05) is 32.3 Å². The summed E-state index contributed by atoms with van der Waals surface area (Å²) in [6, 6.07) is 74.7. The van der Waals surface area contributed by atoms with Crippen molar-refractivity contribution in [1.29, 1.82) is 0 Å². The van der Waals surface area contributed by atoms with Crippen LogP contribution in [-0.2, 0) is 5.41 Å². The Morgan fingerprint density at radius 1 is 0.385 bits per heavy atom. The van der Waals surface area contributed by atoms with Gasteiger partial charge in [-0.15, -0.1) is 0 Å². The molecule has 4 aliphatic rings. The molecule has 1 saturated heterocycles. The Bertz CT molecular complexity index is 3300. The number of hydrogen-bond donors (Lipinski definition) is 0. The molecule has 0 unspecified atom stereocenters. The predicted octanol–water partition coefficient (Wildman–Crippen LogP) is 17.4. The third-order valence-corrected chi connectivity index (χ3v) is 18.9. The summed E-state index contributed by atoms with van der Waals surface area (Å²) >= 11 is 0. The van der Waals surface area contributed by atoms with Crippen LogP contribution in [0.15, 0.2) is 210 Å². The first-order valence-electron chi connectivity index (χ1n) is 23.1. The van der Waals surface area contributed by atoms with Crippen LogP contribution in [-0.4, -0.2) is 11.5 Å². The molecule has 0 aromatic heterocycles. The van der Waals surface area contributed by atoms with E-state index in [1.54, 1.807) is 9.79 Å². The zero-order chi connectivity index (χ0) is 43.3. The highest BCUT2D eigenvalue weighted by molar-refractivity contribution is 8.34. The Labute approximate surface area is 383 Å².